The van der Waals surface area contributed by atoms with E-state index >= 15 is 0 Å². The first-order valence-corrected chi connectivity index (χ1v) is 7.40. The maximum absolute atomic E-state index is 6.36. The van der Waals surface area contributed by atoms with Crippen LogP contribution in [0.2, 0.25) is 0 Å². The van der Waals surface area contributed by atoms with E-state index in [1.54, 1.807) is 0 Å². The highest BCUT2D eigenvalue weighted by Crippen LogP contribution is 2.27. The van der Waals surface area contributed by atoms with Crippen LogP contribution in [-0.4, -0.2) is 9.59 Å². The molecule has 0 saturated heterocycles. The van der Waals surface area contributed by atoms with Gasteiger partial charge in [0.15, 0.2) is 0 Å². The maximum Gasteiger partial charge on any atom is 0.0829 e. The Bertz CT molecular complexity index is 560. The number of nitrogens with two attached hydrogens (primary N) is 1. The van der Waals surface area contributed by atoms with Crippen molar-refractivity contribution in [3.63, 3.8) is 0 Å². The second-order valence-corrected chi connectivity index (χ2v) is 6.20. The molecule has 0 radical (unpaired) electrons. The van der Waals surface area contributed by atoms with Crippen molar-refractivity contribution in [3.05, 3.63) is 45.5 Å². The summed E-state index contributed by atoms with van der Waals surface area (Å²) >= 11 is 1.43. The molecule has 4 heteroatoms. The lowest BCUT2D eigenvalue weighted by Crippen LogP contribution is -2.15. The fourth-order valence-corrected chi connectivity index (χ4v) is 3.02. The lowest BCUT2D eigenvalue weighted by Gasteiger charge is -2.14. The molecule has 0 saturated carbocycles. The zero-order chi connectivity index (χ0) is 14.0. The van der Waals surface area contributed by atoms with E-state index in [2.05, 4.69) is 55.5 Å². The monoisotopic (exact) mass is 275 g/mol. The summed E-state index contributed by atoms with van der Waals surface area (Å²) in [6.45, 7) is 8.51. The van der Waals surface area contributed by atoms with Crippen LogP contribution in [0.3, 0.4) is 0 Å². The molecule has 1 aromatic carbocycles. The van der Waals surface area contributed by atoms with Crippen LogP contribution in [0.1, 0.15) is 53.1 Å². The lowest BCUT2D eigenvalue weighted by atomic mass is 9.97. The molecule has 1 atom stereocenters. The van der Waals surface area contributed by atoms with Crippen LogP contribution in [0, 0.1) is 13.8 Å². The van der Waals surface area contributed by atoms with Gasteiger partial charge in [0.1, 0.15) is 0 Å². The number of aromatic nitrogens is 2. The number of hydrogen-bond donors (Lipinski definition) is 1. The summed E-state index contributed by atoms with van der Waals surface area (Å²) < 4.78 is 4.06. The van der Waals surface area contributed by atoms with E-state index in [1.165, 1.54) is 28.2 Å². The molecular formula is C15H21N3S. The molecule has 0 bridgehead atoms. The van der Waals surface area contributed by atoms with Crippen molar-refractivity contribution in [1.29, 1.82) is 0 Å². The van der Waals surface area contributed by atoms with Gasteiger partial charge in [-0.15, -0.1) is 5.10 Å². The van der Waals surface area contributed by atoms with Crippen LogP contribution < -0.4 is 5.73 Å². The highest BCUT2D eigenvalue weighted by atomic mass is 32.1. The van der Waals surface area contributed by atoms with E-state index in [4.69, 9.17) is 5.73 Å². The van der Waals surface area contributed by atoms with Crippen LogP contribution >= 0.6 is 11.5 Å². The number of rotatable bonds is 4. The van der Waals surface area contributed by atoms with Gasteiger partial charge in [-0.1, -0.05) is 42.1 Å². The van der Waals surface area contributed by atoms with Crippen molar-refractivity contribution >= 4 is 11.5 Å². The normalized spacial score (nSPS) is 12.9. The Labute approximate surface area is 119 Å². The van der Waals surface area contributed by atoms with Crippen molar-refractivity contribution in [2.75, 3.05) is 0 Å². The van der Waals surface area contributed by atoms with Crippen LogP contribution in [-0.2, 0) is 6.42 Å². The van der Waals surface area contributed by atoms with Crippen LogP contribution in [0.5, 0.6) is 0 Å². The predicted molar refractivity (Wildman–Crippen MR) is 80.5 cm³/mol. The first-order chi connectivity index (χ1) is 8.99. The van der Waals surface area contributed by atoms with Gasteiger partial charge in [0.2, 0.25) is 0 Å². The topological polar surface area (TPSA) is 51.8 Å². The molecule has 0 aliphatic carbocycles. The van der Waals surface area contributed by atoms with E-state index in [-0.39, 0.29) is 6.04 Å². The quantitative estimate of drug-likeness (QED) is 0.928. The molecule has 19 heavy (non-hydrogen) atoms. The molecule has 2 N–H and O–H groups in total. The van der Waals surface area contributed by atoms with Crippen molar-refractivity contribution in [3.8, 4) is 0 Å². The average molecular weight is 275 g/mol. The molecule has 1 aromatic heterocycles. The molecule has 1 heterocycles. The van der Waals surface area contributed by atoms with Gasteiger partial charge in [0, 0.05) is 6.04 Å². The predicted octanol–water partition coefficient (Wildman–Crippen LogP) is 3.52. The lowest BCUT2D eigenvalue weighted by molar-refractivity contribution is 0.698. The zero-order valence-electron chi connectivity index (χ0n) is 12.0. The van der Waals surface area contributed by atoms with Crippen LogP contribution in [0.25, 0.3) is 0 Å². The Morgan fingerprint density at radius 1 is 1.26 bits per heavy atom. The minimum absolute atomic E-state index is 0.0158. The highest BCUT2D eigenvalue weighted by molar-refractivity contribution is 7.05. The van der Waals surface area contributed by atoms with Gasteiger partial charge in [-0.3, -0.25) is 0 Å². The molecule has 0 aliphatic heterocycles. The fraction of sp³-hybridized carbons (Fsp3) is 0.467. The zero-order valence-corrected chi connectivity index (χ0v) is 12.8. The van der Waals surface area contributed by atoms with Gasteiger partial charge in [-0.05, 0) is 48.8 Å². The first-order valence-electron chi connectivity index (χ1n) is 6.63. The maximum atomic E-state index is 6.36. The van der Waals surface area contributed by atoms with E-state index in [9.17, 15) is 0 Å². The summed E-state index contributed by atoms with van der Waals surface area (Å²) in [5.74, 6) is 0.374. The molecule has 3 nitrogen and oxygen atoms in total. The molecular weight excluding hydrogens is 254 g/mol. The Morgan fingerprint density at radius 2 is 2.00 bits per heavy atom. The number of benzene rings is 1. The van der Waals surface area contributed by atoms with Crippen molar-refractivity contribution in [1.82, 2.24) is 9.59 Å². The van der Waals surface area contributed by atoms with Crippen molar-refractivity contribution in [2.24, 2.45) is 5.73 Å². The van der Waals surface area contributed by atoms with Gasteiger partial charge >= 0.3 is 0 Å². The van der Waals surface area contributed by atoms with Gasteiger partial charge in [-0.25, -0.2) is 0 Å². The summed E-state index contributed by atoms with van der Waals surface area (Å²) in [6.07, 6.45) is 0.844. The molecule has 0 fully saturated rings. The molecule has 0 spiro atoms. The third-order valence-corrected chi connectivity index (χ3v) is 4.24. The van der Waals surface area contributed by atoms with Crippen LogP contribution in [0.15, 0.2) is 18.2 Å². The van der Waals surface area contributed by atoms with Gasteiger partial charge in [0.25, 0.3) is 0 Å². The molecule has 2 aromatic rings. The fourth-order valence-electron chi connectivity index (χ4n) is 2.21. The minimum atomic E-state index is -0.0158. The summed E-state index contributed by atoms with van der Waals surface area (Å²) in [4.78, 5) is 1.12. The third-order valence-electron chi connectivity index (χ3n) is 3.37. The second-order valence-electron chi connectivity index (χ2n) is 5.42. The van der Waals surface area contributed by atoms with E-state index in [0.29, 0.717) is 5.92 Å². The average Bonchev–Trinajstić information content (AvgIpc) is 2.83. The number of aryl methyl sites for hydroxylation is 2. The standard InChI is InChI=1S/C15H21N3S/c1-9(2)14-15(19-18-17-14)13(16)8-12-7-10(3)5-6-11(12)4/h5-7,9,13H,8,16H2,1-4H3. The molecule has 1 unspecified atom stereocenters. The Morgan fingerprint density at radius 3 is 2.68 bits per heavy atom. The SMILES string of the molecule is Cc1ccc(C)c(CC(N)c2snnc2C(C)C)c1. The highest BCUT2D eigenvalue weighted by Gasteiger charge is 2.18. The minimum Gasteiger partial charge on any atom is -0.323 e. The summed E-state index contributed by atoms with van der Waals surface area (Å²) in [5, 5.41) is 4.21. The van der Waals surface area contributed by atoms with Gasteiger partial charge in [-0.2, -0.15) is 0 Å². The summed E-state index contributed by atoms with van der Waals surface area (Å²) in [5.41, 5.74) is 11.3. The Balaban J connectivity index is 2.23. The van der Waals surface area contributed by atoms with E-state index < -0.39 is 0 Å². The summed E-state index contributed by atoms with van der Waals surface area (Å²) in [7, 11) is 0. The molecule has 102 valence electrons. The molecule has 2 rings (SSSR count). The smallest absolute Gasteiger partial charge is 0.0829 e. The molecule has 0 amide bonds. The number of hydrogen-bond acceptors (Lipinski definition) is 4. The van der Waals surface area contributed by atoms with Crippen molar-refractivity contribution in [2.45, 2.75) is 46.1 Å². The van der Waals surface area contributed by atoms with Gasteiger partial charge < -0.3 is 5.73 Å². The second kappa shape index (κ2) is 5.80. The van der Waals surface area contributed by atoms with Gasteiger partial charge in [0.05, 0.1) is 10.6 Å². The third kappa shape index (κ3) is 3.19. The van der Waals surface area contributed by atoms with E-state index in [0.717, 1.165) is 17.0 Å². The number of nitrogens with zero attached hydrogens (tertiary/aromatic N) is 2. The Kier molecular flexibility index (Phi) is 4.32. The largest absolute Gasteiger partial charge is 0.323 e. The Hall–Kier alpha value is -1.26. The first kappa shape index (κ1) is 14.2. The molecule has 0 aliphatic rings. The van der Waals surface area contributed by atoms with Crippen molar-refractivity contribution < 1.29 is 0 Å². The van der Waals surface area contributed by atoms with E-state index in [1.807, 2.05) is 0 Å². The summed E-state index contributed by atoms with van der Waals surface area (Å²) in [6, 6.07) is 6.50. The van der Waals surface area contributed by atoms with Crippen LogP contribution in [0.4, 0.5) is 0 Å².